The maximum atomic E-state index is 12.7. The Kier molecular flexibility index (Phi) is 7.09. The Bertz CT molecular complexity index is 1070. The van der Waals surface area contributed by atoms with Gasteiger partial charge in [0, 0.05) is 24.0 Å². The molecule has 0 saturated carbocycles. The summed E-state index contributed by atoms with van der Waals surface area (Å²) in [6.45, 7) is 7.48. The third-order valence-electron chi connectivity index (χ3n) is 4.82. The molecule has 0 atom stereocenters. The first-order valence-corrected chi connectivity index (χ1v) is 11.1. The molecule has 0 radical (unpaired) electrons. The largest absolute Gasteiger partial charge is 0.383 e. The lowest BCUT2D eigenvalue weighted by atomic mass is 10.1. The number of nitrogens with zero attached hydrogens (tertiary/aromatic N) is 4. The van der Waals surface area contributed by atoms with E-state index in [1.807, 2.05) is 28.7 Å². The van der Waals surface area contributed by atoms with Gasteiger partial charge in [0.2, 0.25) is 11.7 Å². The highest BCUT2D eigenvalue weighted by Crippen LogP contribution is 2.23. The second-order valence-electron chi connectivity index (χ2n) is 7.63. The minimum absolute atomic E-state index is 0.165. The molecule has 0 spiro atoms. The molecule has 0 amide bonds. The lowest BCUT2D eigenvalue weighted by Crippen LogP contribution is -2.39. The lowest BCUT2D eigenvalue weighted by Gasteiger charge is -2.25. The van der Waals surface area contributed by atoms with Gasteiger partial charge in [-0.15, -0.1) is 0 Å². The number of aromatic amines is 1. The zero-order valence-corrected chi connectivity index (χ0v) is 18.4. The van der Waals surface area contributed by atoms with Gasteiger partial charge in [-0.1, -0.05) is 32.3 Å². The van der Waals surface area contributed by atoms with Gasteiger partial charge in [-0.3, -0.25) is 14.3 Å². The van der Waals surface area contributed by atoms with Crippen LogP contribution in [0.5, 0.6) is 0 Å². The van der Waals surface area contributed by atoms with Gasteiger partial charge < -0.3 is 15.2 Å². The molecule has 0 fully saturated rings. The van der Waals surface area contributed by atoms with Gasteiger partial charge >= 0.3 is 5.69 Å². The van der Waals surface area contributed by atoms with Crippen LogP contribution in [-0.2, 0) is 13.1 Å². The third-order valence-corrected chi connectivity index (χ3v) is 5.50. The van der Waals surface area contributed by atoms with Crippen LogP contribution in [0.15, 0.2) is 30.9 Å². The molecule has 0 unspecified atom stereocenters. The van der Waals surface area contributed by atoms with E-state index in [4.69, 9.17) is 10.3 Å². The van der Waals surface area contributed by atoms with Crippen LogP contribution < -0.4 is 21.9 Å². The van der Waals surface area contributed by atoms with E-state index in [0.717, 1.165) is 24.8 Å². The summed E-state index contributed by atoms with van der Waals surface area (Å²) < 4.78 is 6.85. The number of hydrogen-bond donors (Lipinski definition) is 2. The Balaban J connectivity index is 1.96. The molecule has 0 saturated heterocycles. The highest BCUT2D eigenvalue weighted by atomic mass is 32.1. The van der Waals surface area contributed by atoms with Crippen molar-refractivity contribution in [1.82, 2.24) is 19.7 Å². The summed E-state index contributed by atoms with van der Waals surface area (Å²) in [5.74, 6) is 1.47. The average molecular weight is 433 g/mol. The van der Waals surface area contributed by atoms with Gasteiger partial charge in [0.15, 0.2) is 0 Å². The van der Waals surface area contributed by atoms with Crippen LogP contribution in [0, 0.1) is 5.92 Å². The van der Waals surface area contributed by atoms with Crippen molar-refractivity contribution in [2.24, 2.45) is 5.92 Å². The quantitative estimate of drug-likeness (QED) is 0.504. The summed E-state index contributed by atoms with van der Waals surface area (Å²) in [5, 5.41) is 7.93. The van der Waals surface area contributed by atoms with Gasteiger partial charge in [0.1, 0.15) is 11.5 Å². The van der Waals surface area contributed by atoms with E-state index in [2.05, 4.69) is 29.0 Å². The van der Waals surface area contributed by atoms with E-state index in [0.29, 0.717) is 30.7 Å². The topological polar surface area (TPSA) is 123 Å². The Morgan fingerprint density at radius 2 is 2.17 bits per heavy atom. The number of hydrogen-bond acceptors (Lipinski definition) is 8. The van der Waals surface area contributed by atoms with Crippen LogP contribution in [0.25, 0.3) is 11.4 Å². The number of anilines is 2. The number of nitrogens with one attached hydrogen (secondary N) is 1. The van der Waals surface area contributed by atoms with Crippen molar-refractivity contribution in [2.75, 3.05) is 17.2 Å². The molecule has 9 nitrogen and oxygen atoms in total. The van der Waals surface area contributed by atoms with Gasteiger partial charge in [0.05, 0.1) is 6.54 Å². The molecule has 10 heteroatoms. The second-order valence-corrected chi connectivity index (χ2v) is 8.41. The summed E-state index contributed by atoms with van der Waals surface area (Å²) in [6.07, 6.45) is 2.53. The van der Waals surface area contributed by atoms with E-state index in [1.54, 1.807) is 11.3 Å². The molecule has 3 aromatic heterocycles. The van der Waals surface area contributed by atoms with E-state index < -0.39 is 11.2 Å². The summed E-state index contributed by atoms with van der Waals surface area (Å²) in [4.78, 5) is 33.7. The molecule has 0 aliphatic heterocycles. The van der Waals surface area contributed by atoms with E-state index in [-0.39, 0.29) is 18.1 Å². The first-order chi connectivity index (χ1) is 14.4. The van der Waals surface area contributed by atoms with Crippen molar-refractivity contribution in [2.45, 2.75) is 53.1 Å². The SMILES string of the molecule is CCCCn1c(N)c(N(CCC(C)C)Cc2nc(-c3ccsc3)no2)c(=O)[nH]c1=O. The van der Waals surface area contributed by atoms with Crippen molar-refractivity contribution < 1.29 is 4.52 Å². The molecule has 30 heavy (non-hydrogen) atoms. The molecule has 0 aliphatic rings. The fraction of sp³-hybridized carbons (Fsp3) is 0.500. The predicted octanol–water partition coefficient (Wildman–Crippen LogP) is 3.08. The zero-order valence-electron chi connectivity index (χ0n) is 17.6. The Hall–Kier alpha value is -2.88. The minimum Gasteiger partial charge on any atom is -0.383 e. The molecule has 3 rings (SSSR count). The number of thiophene rings is 1. The lowest BCUT2D eigenvalue weighted by molar-refractivity contribution is 0.375. The van der Waals surface area contributed by atoms with Crippen LogP contribution in [0.2, 0.25) is 0 Å². The number of aromatic nitrogens is 4. The molecule has 0 bridgehead atoms. The van der Waals surface area contributed by atoms with Crippen molar-refractivity contribution in [3.05, 3.63) is 43.6 Å². The van der Waals surface area contributed by atoms with E-state index in [9.17, 15) is 9.59 Å². The summed E-state index contributed by atoms with van der Waals surface area (Å²) in [5.41, 5.74) is 6.46. The molecule has 0 aliphatic carbocycles. The first-order valence-electron chi connectivity index (χ1n) is 10.1. The minimum atomic E-state index is -0.508. The van der Waals surface area contributed by atoms with Crippen molar-refractivity contribution in [3.8, 4) is 11.4 Å². The Morgan fingerprint density at radius 3 is 2.83 bits per heavy atom. The van der Waals surface area contributed by atoms with Crippen LogP contribution in [0.3, 0.4) is 0 Å². The molecule has 0 aromatic carbocycles. The molecule has 3 heterocycles. The average Bonchev–Trinajstić information content (AvgIpc) is 3.37. The van der Waals surface area contributed by atoms with Crippen LogP contribution >= 0.6 is 11.3 Å². The van der Waals surface area contributed by atoms with Gasteiger partial charge in [-0.25, -0.2) is 4.79 Å². The number of nitrogens with two attached hydrogens (primary N) is 1. The highest BCUT2D eigenvalue weighted by molar-refractivity contribution is 7.08. The van der Waals surface area contributed by atoms with E-state index >= 15 is 0 Å². The smallest absolute Gasteiger partial charge is 0.330 e. The maximum Gasteiger partial charge on any atom is 0.330 e. The fourth-order valence-corrected chi connectivity index (χ4v) is 3.73. The molecular weight excluding hydrogens is 404 g/mol. The van der Waals surface area contributed by atoms with Crippen molar-refractivity contribution >= 4 is 22.8 Å². The first kappa shape index (κ1) is 21.8. The molecule has 3 N–H and O–H groups in total. The summed E-state index contributed by atoms with van der Waals surface area (Å²) >= 11 is 1.55. The van der Waals surface area contributed by atoms with Crippen molar-refractivity contribution in [3.63, 3.8) is 0 Å². The van der Waals surface area contributed by atoms with Crippen LogP contribution in [-0.4, -0.2) is 26.2 Å². The van der Waals surface area contributed by atoms with Crippen LogP contribution in [0.1, 0.15) is 45.9 Å². The highest BCUT2D eigenvalue weighted by Gasteiger charge is 2.22. The predicted molar refractivity (Wildman–Crippen MR) is 119 cm³/mol. The Morgan fingerprint density at radius 1 is 1.37 bits per heavy atom. The van der Waals surface area contributed by atoms with E-state index in [1.165, 1.54) is 4.57 Å². The molecular formula is C20H28N6O3S. The summed E-state index contributed by atoms with van der Waals surface area (Å²) in [6, 6.07) is 1.92. The number of nitrogen functional groups attached to an aromatic ring is 1. The molecule has 3 aromatic rings. The fourth-order valence-electron chi connectivity index (χ4n) is 3.10. The Labute approximate surface area is 178 Å². The van der Waals surface area contributed by atoms with Gasteiger partial charge in [0.25, 0.3) is 5.56 Å². The zero-order chi connectivity index (χ0) is 21.7. The van der Waals surface area contributed by atoms with Gasteiger partial charge in [-0.05, 0) is 30.2 Å². The number of H-pyrrole nitrogens is 1. The second kappa shape index (κ2) is 9.75. The van der Waals surface area contributed by atoms with Gasteiger partial charge in [-0.2, -0.15) is 16.3 Å². The molecule has 162 valence electrons. The van der Waals surface area contributed by atoms with Crippen LogP contribution in [0.4, 0.5) is 11.5 Å². The number of unbranched alkanes of at least 4 members (excludes halogenated alkanes) is 1. The van der Waals surface area contributed by atoms with Crippen molar-refractivity contribution in [1.29, 1.82) is 0 Å². The number of rotatable bonds is 10. The standard InChI is InChI=1S/C20H28N6O3S/c1-4-5-8-26-17(21)16(19(27)23-20(26)28)25(9-6-13(2)3)11-15-22-18(24-29-15)14-7-10-30-12-14/h7,10,12-13H,4-6,8-9,11,21H2,1-3H3,(H,23,27,28). The monoisotopic (exact) mass is 432 g/mol. The summed E-state index contributed by atoms with van der Waals surface area (Å²) in [7, 11) is 0. The normalized spacial score (nSPS) is 11.3. The third kappa shape index (κ3) is 4.99. The maximum absolute atomic E-state index is 12.7.